The molecular formula is C24H28N8O. The van der Waals surface area contributed by atoms with Crippen molar-refractivity contribution >= 4 is 11.9 Å². The molecule has 0 saturated carbocycles. The van der Waals surface area contributed by atoms with Gasteiger partial charge in [-0.05, 0) is 26.0 Å². The number of likely N-dealkylation sites (N-methyl/N-ethyl adjacent to an activating group) is 1. The lowest BCUT2D eigenvalue weighted by Crippen LogP contribution is -2.45. The molecule has 0 radical (unpaired) electrons. The van der Waals surface area contributed by atoms with Gasteiger partial charge in [0.05, 0.1) is 11.9 Å². The fourth-order valence-corrected chi connectivity index (χ4v) is 4.56. The van der Waals surface area contributed by atoms with Crippen LogP contribution in [0.25, 0.3) is 11.1 Å². The molecule has 5 heterocycles. The summed E-state index contributed by atoms with van der Waals surface area (Å²) in [6, 6.07) is 3.97. The average molecular weight is 445 g/mol. The first-order chi connectivity index (χ1) is 16.2. The molecule has 0 bridgehead atoms. The third kappa shape index (κ3) is 4.68. The van der Waals surface area contributed by atoms with Crippen LogP contribution in [-0.2, 0) is 0 Å². The lowest BCUT2D eigenvalue weighted by atomic mass is 9.90. The van der Waals surface area contributed by atoms with Gasteiger partial charge in [-0.3, -0.25) is 14.8 Å². The number of carbonyl (C=O) groups excluding carboxylic acids is 1. The predicted octanol–water partition coefficient (Wildman–Crippen LogP) is 2.10. The molecule has 0 spiro atoms. The number of pyridine rings is 1. The van der Waals surface area contributed by atoms with Crippen molar-refractivity contribution in [2.45, 2.75) is 18.8 Å². The van der Waals surface area contributed by atoms with Gasteiger partial charge in [-0.1, -0.05) is 6.07 Å². The molecule has 3 aromatic rings. The smallest absolute Gasteiger partial charge is 0.274 e. The number of rotatable bonds is 4. The molecule has 2 saturated heterocycles. The number of carbonyl (C=O) groups is 1. The summed E-state index contributed by atoms with van der Waals surface area (Å²) < 4.78 is 0. The number of piperazine rings is 1. The molecule has 2 fully saturated rings. The van der Waals surface area contributed by atoms with Crippen molar-refractivity contribution in [2.24, 2.45) is 0 Å². The fourth-order valence-electron chi connectivity index (χ4n) is 4.56. The molecule has 33 heavy (non-hydrogen) atoms. The number of hydrogen-bond donors (Lipinski definition) is 0. The van der Waals surface area contributed by atoms with Crippen LogP contribution in [0.2, 0.25) is 0 Å². The Balaban J connectivity index is 1.46. The number of piperidine rings is 1. The highest BCUT2D eigenvalue weighted by atomic mass is 16.2. The van der Waals surface area contributed by atoms with Crippen LogP contribution in [0.15, 0.2) is 49.3 Å². The van der Waals surface area contributed by atoms with E-state index in [-0.39, 0.29) is 11.8 Å². The molecule has 2 aliphatic heterocycles. The second-order valence-electron chi connectivity index (χ2n) is 8.68. The van der Waals surface area contributed by atoms with Gasteiger partial charge in [-0.15, -0.1) is 0 Å². The zero-order chi connectivity index (χ0) is 22.6. The minimum Gasteiger partial charge on any atom is -0.338 e. The van der Waals surface area contributed by atoms with Crippen LogP contribution < -0.4 is 4.90 Å². The van der Waals surface area contributed by atoms with E-state index in [1.54, 1.807) is 18.6 Å². The summed E-state index contributed by atoms with van der Waals surface area (Å²) in [5.41, 5.74) is 3.35. The Morgan fingerprint density at radius 3 is 2.58 bits per heavy atom. The number of amides is 1. The van der Waals surface area contributed by atoms with Gasteiger partial charge in [0, 0.05) is 87.3 Å². The van der Waals surface area contributed by atoms with Gasteiger partial charge in [-0.2, -0.15) is 0 Å². The molecular weight excluding hydrogens is 416 g/mol. The molecule has 0 N–H and O–H groups in total. The standard InChI is InChI=1S/C24H28N8O/c1-30-10-12-31(13-11-30)24-28-15-20(18-4-2-6-25-14-18)22(29-24)19-5-3-9-32(17-19)23(33)21-16-26-7-8-27-21/h2,4,6-8,14-16,19H,3,5,9-13,17H2,1H3/t19-/m0/s1. The van der Waals surface area contributed by atoms with Crippen molar-refractivity contribution in [2.75, 3.05) is 51.2 Å². The van der Waals surface area contributed by atoms with E-state index in [0.29, 0.717) is 18.8 Å². The summed E-state index contributed by atoms with van der Waals surface area (Å²) in [5.74, 6) is 0.802. The summed E-state index contributed by atoms with van der Waals surface area (Å²) in [5, 5.41) is 0. The van der Waals surface area contributed by atoms with Crippen LogP contribution in [0.1, 0.15) is 34.9 Å². The third-order valence-corrected chi connectivity index (χ3v) is 6.44. The van der Waals surface area contributed by atoms with E-state index in [1.165, 1.54) is 6.20 Å². The van der Waals surface area contributed by atoms with E-state index in [1.807, 2.05) is 29.4 Å². The lowest BCUT2D eigenvalue weighted by molar-refractivity contribution is 0.0699. The van der Waals surface area contributed by atoms with Crippen LogP contribution in [0.3, 0.4) is 0 Å². The van der Waals surface area contributed by atoms with Gasteiger partial charge in [0.2, 0.25) is 5.95 Å². The first-order valence-electron chi connectivity index (χ1n) is 11.4. The number of hydrogen-bond acceptors (Lipinski definition) is 8. The Morgan fingerprint density at radius 2 is 1.82 bits per heavy atom. The predicted molar refractivity (Wildman–Crippen MR) is 125 cm³/mol. The summed E-state index contributed by atoms with van der Waals surface area (Å²) in [6.45, 7) is 5.11. The average Bonchev–Trinajstić information content (AvgIpc) is 2.89. The molecule has 9 nitrogen and oxygen atoms in total. The normalized spacial score (nSPS) is 19.5. The van der Waals surface area contributed by atoms with Crippen molar-refractivity contribution in [3.63, 3.8) is 0 Å². The molecule has 0 aromatic carbocycles. The monoisotopic (exact) mass is 444 g/mol. The van der Waals surface area contributed by atoms with Crippen LogP contribution >= 0.6 is 0 Å². The molecule has 3 aromatic heterocycles. The molecule has 5 rings (SSSR count). The first kappa shape index (κ1) is 21.4. The second-order valence-corrected chi connectivity index (χ2v) is 8.68. The van der Waals surface area contributed by atoms with Crippen LogP contribution in [-0.4, -0.2) is 86.9 Å². The van der Waals surface area contributed by atoms with E-state index in [9.17, 15) is 4.79 Å². The lowest BCUT2D eigenvalue weighted by Gasteiger charge is -2.35. The van der Waals surface area contributed by atoms with Gasteiger partial charge < -0.3 is 14.7 Å². The Kier molecular flexibility index (Phi) is 6.21. The quantitative estimate of drug-likeness (QED) is 0.604. The van der Waals surface area contributed by atoms with Gasteiger partial charge in [0.15, 0.2) is 0 Å². The van der Waals surface area contributed by atoms with Crippen LogP contribution in [0, 0.1) is 0 Å². The van der Waals surface area contributed by atoms with Gasteiger partial charge >= 0.3 is 0 Å². The maximum Gasteiger partial charge on any atom is 0.274 e. The largest absolute Gasteiger partial charge is 0.338 e. The fraction of sp³-hybridized carbons (Fsp3) is 0.417. The van der Waals surface area contributed by atoms with Crippen molar-refractivity contribution < 1.29 is 4.79 Å². The molecule has 1 amide bonds. The van der Waals surface area contributed by atoms with Gasteiger partial charge in [0.25, 0.3) is 5.91 Å². The molecule has 0 unspecified atom stereocenters. The molecule has 170 valence electrons. The molecule has 9 heteroatoms. The zero-order valence-electron chi connectivity index (χ0n) is 18.8. The van der Waals surface area contributed by atoms with Gasteiger partial charge in [0.1, 0.15) is 5.69 Å². The van der Waals surface area contributed by atoms with Crippen molar-refractivity contribution in [1.29, 1.82) is 0 Å². The van der Waals surface area contributed by atoms with E-state index in [4.69, 9.17) is 9.97 Å². The number of anilines is 1. The van der Waals surface area contributed by atoms with E-state index in [2.05, 4.69) is 31.8 Å². The van der Waals surface area contributed by atoms with Crippen molar-refractivity contribution in [3.8, 4) is 11.1 Å². The number of likely N-dealkylation sites (tertiary alicyclic amines) is 1. The second kappa shape index (κ2) is 9.58. The molecule has 1 atom stereocenters. The minimum atomic E-state index is -0.0796. The zero-order valence-corrected chi connectivity index (χ0v) is 18.8. The highest BCUT2D eigenvalue weighted by Crippen LogP contribution is 2.34. The minimum absolute atomic E-state index is 0.0796. The third-order valence-electron chi connectivity index (χ3n) is 6.44. The molecule has 2 aliphatic rings. The van der Waals surface area contributed by atoms with Crippen molar-refractivity contribution in [3.05, 3.63) is 60.7 Å². The summed E-state index contributed by atoms with van der Waals surface area (Å²) in [6.07, 6.45) is 12.1. The highest BCUT2D eigenvalue weighted by molar-refractivity contribution is 5.92. The Hall–Kier alpha value is -3.46. The van der Waals surface area contributed by atoms with E-state index >= 15 is 0 Å². The Labute approximate surface area is 193 Å². The Bertz CT molecular complexity index is 1090. The van der Waals surface area contributed by atoms with E-state index in [0.717, 1.165) is 61.8 Å². The maximum absolute atomic E-state index is 13.0. The summed E-state index contributed by atoms with van der Waals surface area (Å²) in [4.78, 5) is 41.9. The first-order valence-corrected chi connectivity index (χ1v) is 11.4. The summed E-state index contributed by atoms with van der Waals surface area (Å²) in [7, 11) is 2.14. The number of aromatic nitrogens is 5. The van der Waals surface area contributed by atoms with Gasteiger partial charge in [-0.25, -0.2) is 15.0 Å². The van der Waals surface area contributed by atoms with Crippen LogP contribution in [0.5, 0.6) is 0 Å². The summed E-state index contributed by atoms with van der Waals surface area (Å²) >= 11 is 0. The Morgan fingerprint density at radius 1 is 0.970 bits per heavy atom. The van der Waals surface area contributed by atoms with Crippen molar-refractivity contribution in [1.82, 2.24) is 34.7 Å². The maximum atomic E-state index is 13.0. The van der Waals surface area contributed by atoms with E-state index < -0.39 is 0 Å². The highest BCUT2D eigenvalue weighted by Gasteiger charge is 2.30. The van der Waals surface area contributed by atoms with Crippen LogP contribution in [0.4, 0.5) is 5.95 Å². The molecule has 0 aliphatic carbocycles. The topological polar surface area (TPSA) is 91.2 Å². The SMILES string of the molecule is CN1CCN(c2ncc(-c3cccnc3)c([C@H]3CCCN(C(=O)c4cnccn4)C3)n2)CC1. The number of nitrogens with zero attached hydrogens (tertiary/aromatic N) is 8.